The van der Waals surface area contributed by atoms with Crippen molar-refractivity contribution >= 4 is 11.9 Å². The highest BCUT2D eigenvalue weighted by molar-refractivity contribution is 5.77. The van der Waals surface area contributed by atoms with Gasteiger partial charge in [-0.15, -0.1) is 0 Å². The average Bonchev–Trinajstić information content (AvgIpc) is 3.25. The third kappa shape index (κ3) is 44.0. The van der Waals surface area contributed by atoms with Crippen molar-refractivity contribution in [2.24, 2.45) is 0 Å². The zero-order valence-corrected chi connectivity index (χ0v) is 40.3. The van der Waals surface area contributed by atoms with E-state index in [9.17, 15) is 19.8 Å². The van der Waals surface area contributed by atoms with E-state index in [0.29, 0.717) is 19.3 Å². The van der Waals surface area contributed by atoms with Gasteiger partial charge in [-0.3, -0.25) is 9.59 Å². The van der Waals surface area contributed by atoms with Crippen LogP contribution in [0.1, 0.15) is 252 Å². The number of unbranched alkanes of at least 4 members (excludes halogenated alkanes) is 27. The summed E-state index contributed by atoms with van der Waals surface area (Å²) >= 11 is 0. The smallest absolute Gasteiger partial charge is 0.306 e. The largest absolute Gasteiger partial charge is 0.462 e. The summed E-state index contributed by atoms with van der Waals surface area (Å²) in [6.45, 7) is 6.41. The molecule has 0 aromatic rings. The van der Waals surface area contributed by atoms with Gasteiger partial charge >= 0.3 is 5.97 Å². The maximum atomic E-state index is 13.2. The normalized spacial score (nSPS) is 13.7. The number of carbonyl (C=O) groups excluding carboxylic acids is 2. The summed E-state index contributed by atoms with van der Waals surface area (Å²) in [5, 5.41) is 23.8. The molecule has 6 nitrogen and oxygen atoms in total. The van der Waals surface area contributed by atoms with Crippen molar-refractivity contribution in [1.29, 1.82) is 0 Å². The van der Waals surface area contributed by atoms with Gasteiger partial charge in [-0.25, -0.2) is 0 Å². The molecule has 0 aromatic heterocycles. The lowest BCUT2D eigenvalue weighted by atomic mass is 10.0. The third-order valence-corrected chi connectivity index (χ3v) is 11.7. The summed E-state index contributed by atoms with van der Waals surface area (Å²) in [4.78, 5) is 26.1. The van der Waals surface area contributed by atoms with E-state index in [1.165, 1.54) is 128 Å². The van der Waals surface area contributed by atoms with Crippen LogP contribution in [0.5, 0.6) is 0 Å². The lowest BCUT2D eigenvalue weighted by Crippen LogP contribution is -2.46. The van der Waals surface area contributed by atoms with Crippen LogP contribution in [0.2, 0.25) is 0 Å². The fourth-order valence-electron chi connectivity index (χ4n) is 7.67. The van der Waals surface area contributed by atoms with Gasteiger partial charge < -0.3 is 20.3 Å². The summed E-state index contributed by atoms with van der Waals surface area (Å²) in [7, 11) is 0. The van der Waals surface area contributed by atoms with Crippen molar-refractivity contribution in [2.45, 2.75) is 270 Å². The zero-order chi connectivity index (χ0) is 44.5. The number of nitrogens with one attached hydrogen (secondary N) is 1. The van der Waals surface area contributed by atoms with Crippen molar-refractivity contribution in [2.75, 3.05) is 6.61 Å². The number of esters is 1. The Kier molecular flexibility index (Phi) is 46.6. The monoisotopic (exact) mass is 854 g/mol. The summed E-state index contributed by atoms with van der Waals surface area (Å²) < 4.78 is 5.91. The Morgan fingerprint density at radius 1 is 0.475 bits per heavy atom. The first-order valence-electron chi connectivity index (χ1n) is 26.1. The molecule has 0 rings (SSSR count). The van der Waals surface area contributed by atoms with Crippen LogP contribution in [0.25, 0.3) is 0 Å². The second-order valence-electron chi connectivity index (χ2n) is 17.7. The van der Waals surface area contributed by atoms with Gasteiger partial charge in [-0.05, 0) is 77.0 Å². The number of amides is 1. The molecule has 0 aliphatic heterocycles. The number of rotatable bonds is 46. The minimum absolute atomic E-state index is 0.0475. The zero-order valence-electron chi connectivity index (χ0n) is 40.3. The number of hydrogen-bond donors (Lipinski definition) is 3. The summed E-state index contributed by atoms with van der Waals surface area (Å²) in [6.07, 6.45) is 59.9. The first kappa shape index (κ1) is 58.6. The average molecular weight is 854 g/mol. The van der Waals surface area contributed by atoms with E-state index in [-0.39, 0.29) is 24.9 Å². The van der Waals surface area contributed by atoms with Crippen LogP contribution in [-0.2, 0) is 14.3 Å². The van der Waals surface area contributed by atoms with Crippen molar-refractivity contribution in [1.82, 2.24) is 5.32 Å². The van der Waals surface area contributed by atoms with Gasteiger partial charge in [0.2, 0.25) is 5.91 Å². The third-order valence-electron chi connectivity index (χ3n) is 11.7. The van der Waals surface area contributed by atoms with Gasteiger partial charge in [0.15, 0.2) is 0 Å². The molecule has 0 heterocycles. The number of aliphatic hydroxyl groups excluding tert-OH is 2. The minimum Gasteiger partial charge on any atom is -0.462 e. The molecule has 0 fully saturated rings. The van der Waals surface area contributed by atoms with E-state index in [0.717, 1.165) is 77.0 Å². The Bertz CT molecular complexity index is 1090. The summed E-state index contributed by atoms with van der Waals surface area (Å²) in [6, 6.07) is -0.717. The number of carbonyl (C=O) groups is 2. The van der Waals surface area contributed by atoms with Crippen LogP contribution < -0.4 is 5.32 Å². The molecule has 1 amide bonds. The fourth-order valence-corrected chi connectivity index (χ4v) is 7.67. The van der Waals surface area contributed by atoms with Crippen LogP contribution in [-0.4, -0.2) is 46.9 Å². The molecule has 0 aromatic carbocycles. The van der Waals surface area contributed by atoms with Gasteiger partial charge in [0.1, 0.15) is 6.10 Å². The predicted molar refractivity (Wildman–Crippen MR) is 264 cm³/mol. The molecular weight excluding hydrogens is 755 g/mol. The van der Waals surface area contributed by atoms with Gasteiger partial charge in [-0.2, -0.15) is 0 Å². The maximum Gasteiger partial charge on any atom is 0.306 e. The van der Waals surface area contributed by atoms with E-state index in [2.05, 4.69) is 80.8 Å². The van der Waals surface area contributed by atoms with Crippen molar-refractivity contribution < 1.29 is 24.5 Å². The molecule has 0 aliphatic carbocycles. The second-order valence-corrected chi connectivity index (χ2v) is 17.7. The summed E-state index contributed by atoms with van der Waals surface area (Å²) in [5.41, 5.74) is 0. The molecule has 3 unspecified atom stereocenters. The van der Waals surface area contributed by atoms with Crippen molar-refractivity contribution in [3.05, 3.63) is 60.8 Å². The Labute approximate surface area is 378 Å². The number of allylic oxidation sites excluding steroid dienone is 10. The molecule has 354 valence electrons. The standard InChI is InChI=1S/C55H99NO5/c1-4-7-10-13-16-19-22-25-27-28-29-31-34-37-40-43-46-51(61-55(60)48-45-42-39-36-33-24-21-18-15-12-9-6-3)49-54(59)56-52(50-57)53(58)47-44-41-38-35-32-30-26-23-20-17-14-11-8-5-2/h16,18-19,21-22,25,27-29,31,51-53,57-58H,4-15,17,20,23-24,26,30,32-50H2,1-3H3,(H,56,59)/b19-16+,21-18-,25-22+,28-27+,31-29+. The van der Waals surface area contributed by atoms with Gasteiger partial charge in [0.05, 0.1) is 25.2 Å². The van der Waals surface area contributed by atoms with E-state index in [1.807, 2.05) is 6.08 Å². The van der Waals surface area contributed by atoms with Crippen LogP contribution in [0.3, 0.4) is 0 Å². The Balaban J connectivity index is 4.67. The van der Waals surface area contributed by atoms with Crippen LogP contribution >= 0.6 is 0 Å². The molecule has 0 aliphatic rings. The van der Waals surface area contributed by atoms with E-state index < -0.39 is 18.2 Å². The lowest BCUT2D eigenvalue weighted by Gasteiger charge is -2.24. The van der Waals surface area contributed by atoms with Crippen molar-refractivity contribution in [3.8, 4) is 0 Å². The Morgan fingerprint density at radius 2 is 0.852 bits per heavy atom. The molecule has 6 heteroatoms. The van der Waals surface area contributed by atoms with Crippen LogP contribution in [0.4, 0.5) is 0 Å². The Hall–Kier alpha value is -2.44. The highest BCUT2D eigenvalue weighted by atomic mass is 16.5. The van der Waals surface area contributed by atoms with Crippen LogP contribution in [0, 0.1) is 0 Å². The molecule has 0 saturated heterocycles. The van der Waals surface area contributed by atoms with Gasteiger partial charge in [-0.1, -0.05) is 223 Å². The molecule has 0 saturated carbocycles. The quantitative estimate of drug-likeness (QED) is 0.0245. The predicted octanol–water partition coefficient (Wildman–Crippen LogP) is 15.6. The summed E-state index contributed by atoms with van der Waals surface area (Å²) in [5.74, 6) is -0.521. The molecule has 0 radical (unpaired) electrons. The molecular formula is C55H99NO5. The van der Waals surface area contributed by atoms with E-state index in [1.54, 1.807) is 0 Å². The SMILES string of the molecule is CCCCC/C=C\CCCCCCCC(=O)OC(CCCCC/C=C/C=C/C=C/C=C/CCCCC)CC(=O)NC(CO)C(O)CCCCCCCCCCCCCCCC. The van der Waals surface area contributed by atoms with Gasteiger partial charge in [0, 0.05) is 6.42 Å². The van der Waals surface area contributed by atoms with Gasteiger partial charge in [0.25, 0.3) is 0 Å². The molecule has 0 bridgehead atoms. The number of ether oxygens (including phenoxy) is 1. The molecule has 61 heavy (non-hydrogen) atoms. The first-order chi connectivity index (χ1) is 30.0. The lowest BCUT2D eigenvalue weighted by molar-refractivity contribution is -0.151. The Morgan fingerprint density at radius 3 is 1.36 bits per heavy atom. The fraction of sp³-hybridized carbons (Fsp3) is 0.782. The number of hydrogen-bond acceptors (Lipinski definition) is 5. The highest BCUT2D eigenvalue weighted by Gasteiger charge is 2.24. The second kappa shape index (κ2) is 48.6. The van der Waals surface area contributed by atoms with Crippen LogP contribution in [0.15, 0.2) is 60.8 Å². The van der Waals surface area contributed by atoms with E-state index >= 15 is 0 Å². The highest BCUT2D eigenvalue weighted by Crippen LogP contribution is 2.17. The maximum absolute atomic E-state index is 13.2. The number of aliphatic hydroxyl groups is 2. The minimum atomic E-state index is -0.801. The molecule has 3 atom stereocenters. The molecule has 3 N–H and O–H groups in total. The molecule has 0 spiro atoms. The van der Waals surface area contributed by atoms with E-state index in [4.69, 9.17) is 4.74 Å². The first-order valence-corrected chi connectivity index (χ1v) is 26.1. The topological polar surface area (TPSA) is 95.9 Å². The van der Waals surface area contributed by atoms with Crippen molar-refractivity contribution in [3.63, 3.8) is 0 Å².